The van der Waals surface area contributed by atoms with Gasteiger partial charge in [0.2, 0.25) is 0 Å². The first-order chi connectivity index (χ1) is 6.08. The van der Waals surface area contributed by atoms with Gasteiger partial charge >= 0.3 is 0 Å². The predicted molar refractivity (Wildman–Crippen MR) is 52.4 cm³/mol. The Morgan fingerprint density at radius 1 is 1.38 bits per heavy atom. The average Bonchev–Trinajstić information content (AvgIpc) is 2.78. The molecular formula is C9H17NO2S. The minimum Gasteiger partial charge on any atom is -0.314 e. The van der Waals surface area contributed by atoms with Crippen LogP contribution in [0.1, 0.15) is 26.2 Å². The van der Waals surface area contributed by atoms with Gasteiger partial charge < -0.3 is 5.32 Å². The van der Waals surface area contributed by atoms with Crippen molar-refractivity contribution in [1.29, 1.82) is 0 Å². The van der Waals surface area contributed by atoms with E-state index in [1.54, 1.807) is 0 Å². The summed E-state index contributed by atoms with van der Waals surface area (Å²) in [4.78, 5) is 0. The molecule has 1 aliphatic heterocycles. The van der Waals surface area contributed by atoms with Crippen LogP contribution in [0.3, 0.4) is 0 Å². The van der Waals surface area contributed by atoms with Crippen LogP contribution in [0.4, 0.5) is 0 Å². The standard InChI is InChI=1S/C9H17NO2S/c1-7-4-8(6-13(7,11)12)5-10-9-2-3-9/h7-10H,2-6H2,1H3. The molecule has 1 saturated carbocycles. The van der Waals surface area contributed by atoms with Crippen LogP contribution < -0.4 is 5.32 Å². The van der Waals surface area contributed by atoms with Gasteiger partial charge in [-0.3, -0.25) is 0 Å². The van der Waals surface area contributed by atoms with Gasteiger partial charge in [-0.1, -0.05) is 0 Å². The Labute approximate surface area is 79.8 Å². The molecule has 0 aromatic carbocycles. The Morgan fingerprint density at radius 2 is 2.08 bits per heavy atom. The Bertz CT molecular complexity index is 282. The van der Waals surface area contributed by atoms with Crippen LogP contribution >= 0.6 is 0 Å². The van der Waals surface area contributed by atoms with E-state index in [2.05, 4.69) is 5.32 Å². The third-order valence-electron chi connectivity index (χ3n) is 3.02. The molecule has 1 saturated heterocycles. The monoisotopic (exact) mass is 203 g/mol. The summed E-state index contributed by atoms with van der Waals surface area (Å²) >= 11 is 0. The van der Waals surface area contributed by atoms with Crippen LogP contribution in [0.15, 0.2) is 0 Å². The minimum absolute atomic E-state index is 0.112. The lowest BCUT2D eigenvalue weighted by Crippen LogP contribution is -2.25. The van der Waals surface area contributed by atoms with E-state index in [1.165, 1.54) is 12.8 Å². The fourth-order valence-electron chi connectivity index (χ4n) is 1.94. The summed E-state index contributed by atoms with van der Waals surface area (Å²) in [5.74, 6) is 0.758. The highest BCUT2D eigenvalue weighted by Gasteiger charge is 2.35. The Balaban J connectivity index is 1.82. The second kappa shape index (κ2) is 3.24. The lowest BCUT2D eigenvalue weighted by atomic mass is 10.1. The lowest BCUT2D eigenvalue weighted by Gasteiger charge is -2.07. The fourth-order valence-corrected chi connectivity index (χ4v) is 3.74. The number of hydrogen-bond donors (Lipinski definition) is 1. The number of rotatable bonds is 3. The first-order valence-corrected chi connectivity index (χ1v) is 6.74. The Kier molecular flexibility index (Phi) is 2.36. The molecular weight excluding hydrogens is 186 g/mol. The van der Waals surface area contributed by atoms with Crippen molar-refractivity contribution in [3.8, 4) is 0 Å². The number of nitrogens with one attached hydrogen (secondary N) is 1. The van der Waals surface area contributed by atoms with Gasteiger partial charge in [-0.2, -0.15) is 0 Å². The van der Waals surface area contributed by atoms with Crippen molar-refractivity contribution < 1.29 is 8.42 Å². The number of hydrogen-bond acceptors (Lipinski definition) is 3. The molecule has 0 amide bonds. The molecule has 0 aromatic heterocycles. The molecule has 0 radical (unpaired) electrons. The first kappa shape index (κ1) is 9.46. The molecule has 1 N–H and O–H groups in total. The highest BCUT2D eigenvalue weighted by atomic mass is 32.2. The van der Waals surface area contributed by atoms with Crippen molar-refractivity contribution in [2.45, 2.75) is 37.5 Å². The SMILES string of the molecule is CC1CC(CNC2CC2)CS1(=O)=O. The highest BCUT2D eigenvalue weighted by Crippen LogP contribution is 2.26. The van der Waals surface area contributed by atoms with Crippen LogP contribution in [0.5, 0.6) is 0 Å². The Hall–Kier alpha value is -0.0900. The molecule has 13 heavy (non-hydrogen) atoms. The van der Waals surface area contributed by atoms with Crippen LogP contribution in [0, 0.1) is 5.92 Å². The average molecular weight is 203 g/mol. The zero-order chi connectivity index (χ0) is 9.47. The van der Waals surface area contributed by atoms with Gasteiger partial charge in [0, 0.05) is 6.04 Å². The summed E-state index contributed by atoms with van der Waals surface area (Å²) in [6.45, 7) is 2.72. The van der Waals surface area contributed by atoms with Gasteiger partial charge in [-0.25, -0.2) is 8.42 Å². The van der Waals surface area contributed by atoms with Crippen molar-refractivity contribution >= 4 is 9.84 Å². The zero-order valence-electron chi connectivity index (χ0n) is 7.99. The summed E-state index contributed by atoms with van der Waals surface area (Å²) in [7, 11) is -2.74. The van der Waals surface area contributed by atoms with Crippen LogP contribution in [-0.2, 0) is 9.84 Å². The van der Waals surface area contributed by atoms with E-state index in [4.69, 9.17) is 0 Å². The van der Waals surface area contributed by atoms with Crippen molar-refractivity contribution in [1.82, 2.24) is 5.32 Å². The second-order valence-electron chi connectivity index (χ2n) is 4.42. The van der Waals surface area contributed by atoms with Crippen molar-refractivity contribution in [3.05, 3.63) is 0 Å². The predicted octanol–water partition coefficient (Wildman–Crippen LogP) is 0.562. The third-order valence-corrected chi connectivity index (χ3v) is 5.37. The fraction of sp³-hybridized carbons (Fsp3) is 1.00. The molecule has 2 fully saturated rings. The molecule has 4 heteroatoms. The molecule has 0 bridgehead atoms. The van der Waals surface area contributed by atoms with Gasteiger partial charge in [0.1, 0.15) is 0 Å². The molecule has 2 rings (SSSR count). The topological polar surface area (TPSA) is 46.2 Å². The summed E-state index contributed by atoms with van der Waals surface area (Å²) in [5, 5.41) is 3.28. The van der Waals surface area contributed by atoms with Crippen LogP contribution in [0.25, 0.3) is 0 Å². The largest absolute Gasteiger partial charge is 0.314 e. The van der Waals surface area contributed by atoms with Crippen LogP contribution in [-0.4, -0.2) is 32.0 Å². The van der Waals surface area contributed by atoms with Gasteiger partial charge in [0.25, 0.3) is 0 Å². The van der Waals surface area contributed by atoms with Gasteiger partial charge in [0.05, 0.1) is 11.0 Å². The molecule has 2 unspecified atom stereocenters. The summed E-state index contributed by atoms with van der Waals surface area (Å²) in [6, 6.07) is 0.693. The Morgan fingerprint density at radius 3 is 2.54 bits per heavy atom. The summed E-state index contributed by atoms with van der Waals surface area (Å²) in [6.07, 6.45) is 3.39. The molecule has 1 aliphatic carbocycles. The third kappa shape index (κ3) is 2.23. The first-order valence-electron chi connectivity index (χ1n) is 5.03. The maximum absolute atomic E-state index is 11.4. The lowest BCUT2D eigenvalue weighted by molar-refractivity contribution is 0.504. The molecule has 2 atom stereocenters. The van der Waals surface area contributed by atoms with Gasteiger partial charge in [-0.15, -0.1) is 0 Å². The molecule has 0 spiro atoms. The smallest absolute Gasteiger partial charge is 0.153 e. The summed E-state index contributed by atoms with van der Waals surface area (Å²) < 4.78 is 22.8. The van der Waals surface area contributed by atoms with E-state index in [-0.39, 0.29) is 5.25 Å². The maximum atomic E-state index is 11.4. The molecule has 0 aromatic rings. The van der Waals surface area contributed by atoms with E-state index >= 15 is 0 Å². The van der Waals surface area contributed by atoms with Crippen molar-refractivity contribution in [3.63, 3.8) is 0 Å². The minimum atomic E-state index is -2.74. The number of sulfone groups is 1. The van der Waals surface area contributed by atoms with Gasteiger partial charge in [-0.05, 0) is 38.6 Å². The second-order valence-corrected chi connectivity index (χ2v) is 6.89. The normalized spacial score (nSPS) is 37.9. The molecule has 76 valence electrons. The van der Waals surface area contributed by atoms with Crippen molar-refractivity contribution in [2.24, 2.45) is 5.92 Å². The molecule has 3 nitrogen and oxygen atoms in total. The quantitative estimate of drug-likeness (QED) is 0.729. The van der Waals surface area contributed by atoms with E-state index in [0.717, 1.165) is 13.0 Å². The zero-order valence-corrected chi connectivity index (χ0v) is 8.81. The van der Waals surface area contributed by atoms with Crippen molar-refractivity contribution in [2.75, 3.05) is 12.3 Å². The van der Waals surface area contributed by atoms with E-state index in [1.807, 2.05) is 6.92 Å². The molecule has 2 aliphatic rings. The highest BCUT2D eigenvalue weighted by molar-refractivity contribution is 7.92. The summed E-state index contributed by atoms with van der Waals surface area (Å²) in [5.41, 5.74) is 0. The van der Waals surface area contributed by atoms with Gasteiger partial charge in [0.15, 0.2) is 9.84 Å². The van der Waals surface area contributed by atoms with E-state index in [0.29, 0.717) is 17.7 Å². The molecule has 1 heterocycles. The van der Waals surface area contributed by atoms with Crippen LogP contribution in [0.2, 0.25) is 0 Å². The van der Waals surface area contributed by atoms with E-state index < -0.39 is 9.84 Å². The maximum Gasteiger partial charge on any atom is 0.153 e. The van der Waals surface area contributed by atoms with E-state index in [9.17, 15) is 8.42 Å².